The Balaban J connectivity index is 1.99. The average molecular weight is 446 g/mol. The number of nitro groups is 1. The molecule has 0 atom stereocenters. The Morgan fingerprint density at radius 2 is 1.65 bits per heavy atom. The maximum Gasteiger partial charge on any atom is 0.417 e. The van der Waals surface area contributed by atoms with Gasteiger partial charge < -0.3 is 0 Å². The van der Waals surface area contributed by atoms with Crippen molar-refractivity contribution >= 4 is 5.69 Å². The second-order valence-corrected chi connectivity index (χ2v) is 6.56. The molecule has 0 N–H and O–H groups in total. The fraction of sp³-hybridized carbons (Fsp3) is 0.222. The van der Waals surface area contributed by atoms with Crippen LogP contribution in [0.5, 0.6) is 0 Å². The summed E-state index contributed by atoms with van der Waals surface area (Å²) in [5.41, 5.74) is -4.53. The number of nitro benzene ring substituents is 1. The number of alkyl halides is 6. The SMILES string of the molecule is Cc1cc(Cn2cnn(-c3ccc(C(F)(F)F)c(C(F)(F)F)c3)c2=O)ccc1[N+](=O)[O-]. The van der Waals surface area contributed by atoms with Crippen LogP contribution in [0.25, 0.3) is 5.69 Å². The van der Waals surface area contributed by atoms with Crippen LogP contribution in [-0.2, 0) is 18.9 Å². The third-order valence-electron chi connectivity index (χ3n) is 4.40. The van der Waals surface area contributed by atoms with Gasteiger partial charge in [0.2, 0.25) is 0 Å². The summed E-state index contributed by atoms with van der Waals surface area (Å²) >= 11 is 0. The summed E-state index contributed by atoms with van der Waals surface area (Å²) in [5, 5.41) is 14.6. The Kier molecular flexibility index (Phi) is 5.38. The minimum absolute atomic E-state index is 0.107. The molecule has 1 aromatic heterocycles. The molecule has 0 saturated carbocycles. The molecule has 0 amide bonds. The van der Waals surface area contributed by atoms with Crippen LogP contribution < -0.4 is 5.69 Å². The Hall–Kier alpha value is -3.64. The van der Waals surface area contributed by atoms with Crippen LogP contribution in [-0.4, -0.2) is 19.3 Å². The van der Waals surface area contributed by atoms with E-state index >= 15 is 0 Å². The maximum atomic E-state index is 13.1. The molecule has 164 valence electrons. The molecule has 7 nitrogen and oxygen atoms in total. The Morgan fingerprint density at radius 1 is 1.00 bits per heavy atom. The lowest BCUT2D eigenvalue weighted by Gasteiger charge is -2.16. The molecule has 1 heterocycles. The molecular formula is C18H12F6N4O3. The van der Waals surface area contributed by atoms with Gasteiger partial charge in [0.1, 0.15) is 6.33 Å². The maximum absolute atomic E-state index is 13.1. The zero-order valence-electron chi connectivity index (χ0n) is 15.5. The average Bonchev–Trinajstić information content (AvgIpc) is 3.00. The molecule has 0 unspecified atom stereocenters. The van der Waals surface area contributed by atoms with Gasteiger partial charge in [-0.05, 0) is 36.8 Å². The Bertz CT molecular complexity index is 1210. The van der Waals surface area contributed by atoms with E-state index in [4.69, 9.17) is 0 Å². The van der Waals surface area contributed by atoms with Gasteiger partial charge in [-0.15, -0.1) is 0 Å². The minimum Gasteiger partial charge on any atom is -0.277 e. The van der Waals surface area contributed by atoms with Crippen LogP contribution in [0, 0.1) is 17.0 Å². The number of aryl methyl sites for hydroxylation is 1. The van der Waals surface area contributed by atoms with E-state index in [0.29, 0.717) is 21.9 Å². The van der Waals surface area contributed by atoms with Crippen LogP contribution in [0.4, 0.5) is 32.0 Å². The molecule has 0 radical (unpaired) electrons. The van der Waals surface area contributed by atoms with Crippen LogP contribution in [0.3, 0.4) is 0 Å². The van der Waals surface area contributed by atoms with Gasteiger partial charge in [-0.3, -0.25) is 14.7 Å². The standard InChI is InChI=1S/C18H12F6N4O3/c1-10-6-11(2-5-15(10)28(30)31)8-26-9-25-27(16(26)29)12-3-4-13(17(19,20)21)14(7-12)18(22,23)24/h2-7,9H,8H2,1H3. The Labute approximate surface area is 169 Å². The number of benzene rings is 2. The van der Waals surface area contributed by atoms with Crippen LogP contribution in [0.15, 0.2) is 47.5 Å². The topological polar surface area (TPSA) is 83.0 Å². The number of hydrogen-bond donors (Lipinski definition) is 0. The van der Waals surface area contributed by atoms with E-state index in [0.717, 1.165) is 10.9 Å². The molecule has 2 aromatic carbocycles. The summed E-state index contributed by atoms with van der Waals surface area (Å²) in [7, 11) is 0. The molecule has 0 spiro atoms. The van der Waals surface area contributed by atoms with Crippen LogP contribution in [0.2, 0.25) is 0 Å². The van der Waals surface area contributed by atoms with Gasteiger partial charge in [0.15, 0.2) is 0 Å². The number of rotatable bonds is 4. The molecule has 3 aromatic rings. The monoisotopic (exact) mass is 446 g/mol. The summed E-state index contributed by atoms with van der Waals surface area (Å²) in [4.78, 5) is 22.8. The van der Waals surface area contributed by atoms with Crippen molar-refractivity contribution in [2.75, 3.05) is 0 Å². The zero-order valence-corrected chi connectivity index (χ0v) is 15.5. The highest BCUT2D eigenvalue weighted by atomic mass is 19.4. The van der Waals surface area contributed by atoms with E-state index in [2.05, 4.69) is 5.10 Å². The predicted molar refractivity (Wildman–Crippen MR) is 94.8 cm³/mol. The van der Waals surface area contributed by atoms with Gasteiger partial charge in [0.25, 0.3) is 5.69 Å². The lowest BCUT2D eigenvalue weighted by atomic mass is 10.1. The molecule has 0 aliphatic carbocycles. The molecule has 31 heavy (non-hydrogen) atoms. The summed E-state index contributed by atoms with van der Waals surface area (Å²) in [6.07, 6.45) is -9.53. The number of nitrogens with zero attached hydrogens (tertiary/aromatic N) is 4. The fourth-order valence-electron chi connectivity index (χ4n) is 2.98. The van der Waals surface area contributed by atoms with E-state index in [1.807, 2.05) is 0 Å². The van der Waals surface area contributed by atoms with Crippen LogP contribution >= 0.6 is 0 Å². The lowest BCUT2D eigenvalue weighted by Crippen LogP contribution is -2.25. The van der Waals surface area contributed by atoms with Crippen molar-refractivity contribution in [3.63, 3.8) is 0 Å². The van der Waals surface area contributed by atoms with Gasteiger partial charge in [-0.25, -0.2) is 4.79 Å². The van der Waals surface area contributed by atoms with Gasteiger partial charge >= 0.3 is 18.0 Å². The smallest absolute Gasteiger partial charge is 0.277 e. The van der Waals surface area contributed by atoms with Crippen LogP contribution in [0.1, 0.15) is 22.3 Å². The lowest BCUT2D eigenvalue weighted by molar-refractivity contribution is -0.385. The van der Waals surface area contributed by atoms with Crippen molar-refractivity contribution in [3.05, 3.63) is 85.6 Å². The van der Waals surface area contributed by atoms with Gasteiger partial charge in [0, 0.05) is 11.6 Å². The van der Waals surface area contributed by atoms with Crippen molar-refractivity contribution < 1.29 is 31.3 Å². The van der Waals surface area contributed by atoms with Gasteiger partial charge in [0.05, 0.1) is 28.3 Å². The summed E-state index contributed by atoms with van der Waals surface area (Å²) in [5.74, 6) is 0. The first-order chi connectivity index (χ1) is 14.3. The van der Waals surface area contributed by atoms with Crippen molar-refractivity contribution in [2.45, 2.75) is 25.8 Å². The van der Waals surface area contributed by atoms with Crippen molar-refractivity contribution in [1.82, 2.24) is 14.3 Å². The minimum atomic E-state index is -5.30. The quantitative estimate of drug-likeness (QED) is 0.339. The molecule has 0 saturated heterocycles. The normalized spacial score (nSPS) is 12.2. The first kappa shape index (κ1) is 22.1. The largest absolute Gasteiger partial charge is 0.417 e. The van der Waals surface area contributed by atoms with Gasteiger partial charge in [-0.1, -0.05) is 6.07 Å². The molecule has 3 rings (SSSR count). The summed E-state index contributed by atoms with van der Waals surface area (Å²) < 4.78 is 79.7. The van der Waals surface area contributed by atoms with E-state index in [1.165, 1.54) is 25.1 Å². The zero-order chi connectivity index (χ0) is 23.1. The van der Waals surface area contributed by atoms with Crippen molar-refractivity contribution in [3.8, 4) is 5.69 Å². The third-order valence-corrected chi connectivity index (χ3v) is 4.40. The number of aromatic nitrogens is 3. The second-order valence-electron chi connectivity index (χ2n) is 6.56. The van der Waals surface area contributed by atoms with E-state index in [9.17, 15) is 41.3 Å². The van der Waals surface area contributed by atoms with Gasteiger partial charge in [-0.2, -0.15) is 36.1 Å². The summed E-state index contributed by atoms with van der Waals surface area (Å²) in [6, 6.07) is 5.26. The highest BCUT2D eigenvalue weighted by Crippen LogP contribution is 2.40. The highest BCUT2D eigenvalue weighted by Gasteiger charge is 2.43. The number of halogens is 6. The molecule has 0 fully saturated rings. The van der Waals surface area contributed by atoms with E-state index in [-0.39, 0.29) is 24.4 Å². The predicted octanol–water partition coefficient (Wildman–Crippen LogP) is 4.34. The van der Waals surface area contributed by atoms with Crippen molar-refractivity contribution in [1.29, 1.82) is 0 Å². The fourth-order valence-corrected chi connectivity index (χ4v) is 2.98. The number of hydrogen-bond acceptors (Lipinski definition) is 4. The van der Waals surface area contributed by atoms with Crippen molar-refractivity contribution in [2.24, 2.45) is 0 Å². The molecule has 13 heteroatoms. The van der Waals surface area contributed by atoms with E-state index < -0.39 is 39.8 Å². The van der Waals surface area contributed by atoms with E-state index in [1.54, 1.807) is 0 Å². The molecule has 0 aliphatic rings. The first-order valence-corrected chi connectivity index (χ1v) is 8.46. The second kappa shape index (κ2) is 7.56. The molecule has 0 aliphatic heterocycles. The third kappa shape index (κ3) is 4.44. The first-order valence-electron chi connectivity index (χ1n) is 8.46. The summed E-state index contributed by atoms with van der Waals surface area (Å²) in [6.45, 7) is 1.39. The molecular weight excluding hydrogens is 434 g/mol. The Morgan fingerprint density at radius 3 is 2.19 bits per heavy atom. The highest BCUT2D eigenvalue weighted by molar-refractivity contribution is 5.43. The molecule has 0 bridgehead atoms.